The van der Waals surface area contributed by atoms with Crippen LogP contribution < -0.4 is 4.74 Å². The molecule has 1 nitrogen and oxygen atoms in total. The van der Waals surface area contributed by atoms with Gasteiger partial charge in [0.2, 0.25) is 0 Å². The van der Waals surface area contributed by atoms with E-state index in [0.29, 0.717) is 12.5 Å². The molecule has 0 spiro atoms. The molecule has 0 aromatic heterocycles. The van der Waals surface area contributed by atoms with E-state index in [4.69, 9.17) is 4.74 Å². The lowest BCUT2D eigenvalue weighted by molar-refractivity contribution is 0.355. The first-order chi connectivity index (χ1) is 6.70. The predicted octanol–water partition coefficient (Wildman–Crippen LogP) is 3.82. The highest BCUT2D eigenvalue weighted by atomic mass is 127. The maximum Gasteiger partial charge on any atom is 0.140 e. The highest BCUT2D eigenvalue weighted by Gasteiger charge is 2.15. The molecular formula is C12H13IO. The van der Waals surface area contributed by atoms with Crippen LogP contribution in [0.5, 0.6) is 5.75 Å². The second-order valence-corrected chi connectivity index (χ2v) is 4.91. The van der Waals surface area contributed by atoms with Crippen molar-refractivity contribution in [1.29, 1.82) is 0 Å². The SMILES string of the molecule is CC(C)c1ccc(I)c2c1C=CCO2. The summed E-state index contributed by atoms with van der Waals surface area (Å²) in [5.41, 5.74) is 2.63. The molecule has 1 aliphatic rings. The first kappa shape index (κ1) is 10.0. The summed E-state index contributed by atoms with van der Waals surface area (Å²) in [5.74, 6) is 1.60. The lowest BCUT2D eigenvalue weighted by Crippen LogP contribution is -2.05. The molecule has 0 N–H and O–H groups in total. The van der Waals surface area contributed by atoms with Crippen molar-refractivity contribution in [1.82, 2.24) is 0 Å². The highest BCUT2D eigenvalue weighted by molar-refractivity contribution is 14.1. The van der Waals surface area contributed by atoms with E-state index in [-0.39, 0.29) is 0 Å². The fraction of sp³-hybridized carbons (Fsp3) is 0.333. The Labute approximate surface area is 98.3 Å². The summed E-state index contributed by atoms with van der Waals surface area (Å²) in [6.45, 7) is 5.13. The number of hydrogen-bond donors (Lipinski definition) is 0. The van der Waals surface area contributed by atoms with Gasteiger partial charge in [-0.25, -0.2) is 0 Å². The Morgan fingerprint density at radius 1 is 1.36 bits per heavy atom. The van der Waals surface area contributed by atoms with Gasteiger partial charge in [-0.2, -0.15) is 0 Å². The maximum absolute atomic E-state index is 5.65. The molecule has 0 radical (unpaired) electrons. The van der Waals surface area contributed by atoms with Crippen molar-refractivity contribution in [3.63, 3.8) is 0 Å². The molecule has 0 saturated carbocycles. The molecule has 14 heavy (non-hydrogen) atoms. The number of fused-ring (bicyclic) bond motifs is 1. The average Bonchev–Trinajstić information content (AvgIpc) is 2.18. The van der Waals surface area contributed by atoms with E-state index in [9.17, 15) is 0 Å². The first-order valence-electron chi connectivity index (χ1n) is 4.82. The quantitative estimate of drug-likeness (QED) is 0.716. The minimum Gasteiger partial charge on any atom is -0.488 e. The van der Waals surface area contributed by atoms with E-state index in [1.165, 1.54) is 14.7 Å². The summed E-state index contributed by atoms with van der Waals surface area (Å²) in [4.78, 5) is 0. The fourth-order valence-electron chi connectivity index (χ4n) is 1.71. The van der Waals surface area contributed by atoms with E-state index in [1.807, 2.05) is 0 Å². The van der Waals surface area contributed by atoms with Gasteiger partial charge in [0.25, 0.3) is 0 Å². The van der Waals surface area contributed by atoms with Crippen molar-refractivity contribution < 1.29 is 4.74 Å². The molecule has 0 amide bonds. The van der Waals surface area contributed by atoms with Crippen molar-refractivity contribution in [2.75, 3.05) is 6.61 Å². The van der Waals surface area contributed by atoms with E-state index >= 15 is 0 Å². The van der Waals surface area contributed by atoms with Crippen molar-refractivity contribution >= 4 is 28.7 Å². The second-order valence-electron chi connectivity index (χ2n) is 3.75. The molecule has 74 valence electrons. The molecule has 0 bridgehead atoms. The third-order valence-corrected chi connectivity index (χ3v) is 3.26. The third-order valence-electron chi connectivity index (χ3n) is 2.41. The van der Waals surface area contributed by atoms with Gasteiger partial charge in [0.1, 0.15) is 12.4 Å². The van der Waals surface area contributed by atoms with Gasteiger partial charge in [-0.3, -0.25) is 0 Å². The standard InChI is InChI=1S/C12H13IO/c1-8(2)9-5-6-11(13)12-10(9)4-3-7-14-12/h3-6,8H,7H2,1-2H3. The number of halogens is 1. The Kier molecular flexibility index (Phi) is 2.81. The van der Waals surface area contributed by atoms with E-state index < -0.39 is 0 Å². The smallest absolute Gasteiger partial charge is 0.140 e. The van der Waals surface area contributed by atoms with Gasteiger partial charge in [0.15, 0.2) is 0 Å². The van der Waals surface area contributed by atoms with Crippen LogP contribution >= 0.6 is 22.6 Å². The highest BCUT2D eigenvalue weighted by Crippen LogP contribution is 2.35. The number of ether oxygens (including phenoxy) is 1. The van der Waals surface area contributed by atoms with Gasteiger partial charge >= 0.3 is 0 Å². The van der Waals surface area contributed by atoms with Gasteiger partial charge in [-0.15, -0.1) is 0 Å². The van der Waals surface area contributed by atoms with Crippen molar-refractivity contribution in [2.45, 2.75) is 19.8 Å². The molecule has 0 aliphatic carbocycles. The predicted molar refractivity (Wildman–Crippen MR) is 67.8 cm³/mol. The van der Waals surface area contributed by atoms with Gasteiger partial charge in [-0.05, 0) is 46.2 Å². The monoisotopic (exact) mass is 300 g/mol. The van der Waals surface area contributed by atoms with Gasteiger partial charge in [-0.1, -0.05) is 26.0 Å². The summed E-state index contributed by atoms with van der Waals surface area (Å²) < 4.78 is 6.85. The van der Waals surface area contributed by atoms with Gasteiger partial charge < -0.3 is 4.74 Å². The molecule has 1 heterocycles. The van der Waals surface area contributed by atoms with Crippen LogP contribution in [0.4, 0.5) is 0 Å². The molecule has 0 fully saturated rings. The Morgan fingerprint density at radius 2 is 2.14 bits per heavy atom. The van der Waals surface area contributed by atoms with Crippen molar-refractivity contribution in [3.8, 4) is 5.75 Å². The van der Waals surface area contributed by atoms with Crippen LogP contribution in [0.1, 0.15) is 30.9 Å². The molecule has 2 heteroatoms. The molecule has 1 aromatic carbocycles. The van der Waals surface area contributed by atoms with Crippen LogP contribution in [0.3, 0.4) is 0 Å². The van der Waals surface area contributed by atoms with Crippen LogP contribution in [0, 0.1) is 3.57 Å². The van der Waals surface area contributed by atoms with E-state index in [2.05, 4.69) is 60.7 Å². The maximum atomic E-state index is 5.65. The zero-order chi connectivity index (χ0) is 10.1. The zero-order valence-electron chi connectivity index (χ0n) is 8.38. The van der Waals surface area contributed by atoms with Crippen LogP contribution in [0.25, 0.3) is 6.08 Å². The molecule has 2 rings (SSSR count). The minimum absolute atomic E-state index is 0.548. The topological polar surface area (TPSA) is 9.23 Å². The third kappa shape index (κ3) is 1.67. The summed E-state index contributed by atoms with van der Waals surface area (Å²) in [7, 11) is 0. The number of benzene rings is 1. The summed E-state index contributed by atoms with van der Waals surface area (Å²) in [5, 5.41) is 0. The first-order valence-corrected chi connectivity index (χ1v) is 5.89. The van der Waals surface area contributed by atoms with Crippen molar-refractivity contribution in [2.24, 2.45) is 0 Å². The molecule has 0 saturated heterocycles. The summed E-state index contributed by atoms with van der Waals surface area (Å²) >= 11 is 2.32. The Morgan fingerprint density at radius 3 is 2.86 bits per heavy atom. The summed E-state index contributed by atoms with van der Waals surface area (Å²) in [6.07, 6.45) is 4.25. The Balaban J connectivity index is 2.61. The molecule has 0 atom stereocenters. The number of rotatable bonds is 1. The van der Waals surface area contributed by atoms with Gasteiger partial charge in [0.05, 0.1) is 3.57 Å². The average molecular weight is 300 g/mol. The molecule has 1 aromatic rings. The summed E-state index contributed by atoms with van der Waals surface area (Å²) in [6, 6.07) is 4.33. The van der Waals surface area contributed by atoms with E-state index in [0.717, 1.165) is 5.75 Å². The van der Waals surface area contributed by atoms with E-state index in [1.54, 1.807) is 0 Å². The lowest BCUT2D eigenvalue weighted by atomic mass is 9.95. The molecule has 0 unspecified atom stereocenters. The normalized spacial score (nSPS) is 14.0. The zero-order valence-corrected chi connectivity index (χ0v) is 10.5. The Bertz CT molecular complexity index is 380. The van der Waals surface area contributed by atoms with Gasteiger partial charge in [0, 0.05) is 5.56 Å². The van der Waals surface area contributed by atoms with Crippen LogP contribution in [0.2, 0.25) is 0 Å². The number of hydrogen-bond acceptors (Lipinski definition) is 1. The molecule has 1 aliphatic heterocycles. The largest absolute Gasteiger partial charge is 0.488 e. The van der Waals surface area contributed by atoms with Crippen LogP contribution in [-0.4, -0.2) is 6.61 Å². The minimum atomic E-state index is 0.548. The van der Waals surface area contributed by atoms with Crippen molar-refractivity contribution in [3.05, 3.63) is 32.9 Å². The second kappa shape index (κ2) is 3.93. The van der Waals surface area contributed by atoms with Crippen LogP contribution in [-0.2, 0) is 0 Å². The molecular weight excluding hydrogens is 287 g/mol. The van der Waals surface area contributed by atoms with Crippen LogP contribution in [0.15, 0.2) is 18.2 Å². The lowest BCUT2D eigenvalue weighted by Gasteiger charge is -2.19. The Hall–Kier alpha value is -0.510. The fourth-order valence-corrected chi connectivity index (χ4v) is 2.33.